The van der Waals surface area contributed by atoms with E-state index in [0.717, 1.165) is 17.7 Å². The van der Waals surface area contributed by atoms with Gasteiger partial charge in [-0.15, -0.1) is 0 Å². The number of amides is 1. The van der Waals surface area contributed by atoms with Gasteiger partial charge in [0.05, 0.1) is 5.56 Å². The predicted molar refractivity (Wildman–Crippen MR) is 93.4 cm³/mol. The van der Waals surface area contributed by atoms with Crippen molar-refractivity contribution >= 4 is 23.3 Å². The molecule has 5 nitrogen and oxygen atoms in total. The van der Waals surface area contributed by atoms with Crippen molar-refractivity contribution in [3.05, 3.63) is 59.7 Å². The fraction of sp³-hybridized carbons (Fsp3) is 0.263. The lowest BCUT2D eigenvalue weighted by Gasteiger charge is -2.22. The molecule has 1 heterocycles. The fourth-order valence-corrected chi connectivity index (χ4v) is 3.10. The molecule has 0 radical (unpaired) electrons. The van der Waals surface area contributed by atoms with Crippen LogP contribution in [0.4, 0.5) is 11.4 Å². The highest BCUT2D eigenvalue weighted by Gasteiger charge is 2.31. The number of nitrogens with one attached hydrogen (secondary N) is 1. The molecule has 0 aromatic heterocycles. The Labute approximate surface area is 141 Å². The Morgan fingerprint density at radius 3 is 2.67 bits per heavy atom. The van der Waals surface area contributed by atoms with Crippen molar-refractivity contribution in [2.24, 2.45) is 0 Å². The summed E-state index contributed by atoms with van der Waals surface area (Å²) in [5.41, 5.74) is 3.14. The maximum absolute atomic E-state index is 12.5. The Kier molecular flexibility index (Phi) is 4.51. The topological polar surface area (TPSA) is 58.6 Å². The summed E-state index contributed by atoms with van der Waals surface area (Å²) in [5, 5.41) is 2.94. The van der Waals surface area contributed by atoms with Crippen LogP contribution in [-0.4, -0.2) is 31.6 Å². The summed E-state index contributed by atoms with van der Waals surface area (Å²) < 4.78 is 5.24. The zero-order valence-corrected chi connectivity index (χ0v) is 13.8. The third-order valence-corrected chi connectivity index (χ3v) is 4.22. The van der Waals surface area contributed by atoms with Crippen LogP contribution in [-0.2, 0) is 16.0 Å². The van der Waals surface area contributed by atoms with E-state index in [9.17, 15) is 9.59 Å². The molecule has 124 valence electrons. The third kappa shape index (κ3) is 2.97. The Morgan fingerprint density at radius 2 is 1.88 bits per heavy atom. The van der Waals surface area contributed by atoms with Gasteiger partial charge in [-0.3, -0.25) is 4.79 Å². The van der Waals surface area contributed by atoms with Gasteiger partial charge in [0.2, 0.25) is 0 Å². The minimum Gasteiger partial charge on any atom is -0.452 e. The molecular formula is C19H20N2O3. The van der Waals surface area contributed by atoms with Crippen LogP contribution in [0.2, 0.25) is 0 Å². The van der Waals surface area contributed by atoms with E-state index in [1.54, 1.807) is 30.1 Å². The Hall–Kier alpha value is -2.82. The van der Waals surface area contributed by atoms with Gasteiger partial charge in [-0.05, 0) is 37.1 Å². The highest BCUT2D eigenvalue weighted by molar-refractivity contribution is 6.00. The summed E-state index contributed by atoms with van der Waals surface area (Å²) in [6.07, 6.45) is 0.818. The molecule has 1 N–H and O–H groups in total. The number of benzene rings is 2. The number of nitrogens with zero attached hydrogens (tertiary/aromatic N) is 1. The van der Waals surface area contributed by atoms with Crippen molar-refractivity contribution in [3.63, 3.8) is 0 Å². The molecular weight excluding hydrogens is 304 g/mol. The molecule has 2 aromatic rings. The Bertz CT molecular complexity index is 773. The van der Waals surface area contributed by atoms with Crippen LogP contribution in [0, 0.1) is 0 Å². The number of ether oxygens (including phenoxy) is 1. The van der Waals surface area contributed by atoms with Gasteiger partial charge >= 0.3 is 5.97 Å². The summed E-state index contributed by atoms with van der Waals surface area (Å²) in [7, 11) is 1.74. The molecule has 3 rings (SSSR count). The molecule has 0 saturated carbocycles. The summed E-state index contributed by atoms with van der Waals surface area (Å²) in [4.78, 5) is 26.5. The maximum Gasteiger partial charge on any atom is 0.340 e. The second-order valence-electron chi connectivity index (χ2n) is 5.82. The normalized spacial score (nSPS) is 15.8. The first-order chi connectivity index (χ1) is 11.6. The molecule has 5 heteroatoms. The number of hydrogen-bond donors (Lipinski definition) is 1. The van der Waals surface area contributed by atoms with Gasteiger partial charge < -0.3 is 15.0 Å². The molecule has 0 aliphatic carbocycles. The summed E-state index contributed by atoms with van der Waals surface area (Å²) in [5.74, 6) is -0.712. The summed E-state index contributed by atoms with van der Waals surface area (Å²) >= 11 is 0. The number of fused-ring (bicyclic) bond motifs is 1. The van der Waals surface area contributed by atoms with Crippen LogP contribution in [0.3, 0.4) is 0 Å². The second kappa shape index (κ2) is 6.74. The molecule has 0 bridgehead atoms. The molecule has 1 aliphatic heterocycles. The van der Waals surface area contributed by atoms with Crippen molar-refractivity contribution in [2.75, 3.05) is 23.9 Å². The van der Waals surface area contributed by atoms with E-state index in [1.165, 1.54) is 0 Å². The molecule has 24 heavy (non-hydrogen) atoms. The van der Waals surface area contributed by atoms with E-state index in [-0.39, 0.29) is 18.6 Å². The number of rotatable bonds is 4. The third-order valence-electron chi connectivity index (χ3n) is 4.22. The van der Waals surface area contributed by atoms with Crippen molar-refractivity contribution in [1.29, 1.82) is 0 Å². The van der Waals surface area contributed by atoms with Gasteiger partial charge in [0.25, 0.3) is 5.91 Å². The minimum absolute atomic E-state index is 0.0678. The molecule has 1 aliphatic rings. The Morgan fingerprint density at radius 1 is 1.17 bits per heavy atom. The molecule has 2 aromatic carbocycles. The van der Waals surface area contributed by atoms with Crippen LogP contribution in [0.25, 0.3) is 0 Å². The first-order valence-electron chi connectivity index (χ1n) is 7.95. The lowest BCUT2D eigenvalue weighted by Crippen LogP contribution is -2.38. The number of anilines is 2. The molecule has 0 saturated heterocycles. The molecule has 1 atom stereocenters. The standard InChI is InChI=1S/C19H20N2O3/c1-13-11-14-7-3-6-10-17(14)21(13)18(22)12-24-19(23)15-8-4-5-9-16(15)20-2/h3-10,13,20H,11-12H2,1-2H3/t13-/m0/s1. The van der Waals surface area contributed by atoms with Crippen molar-refractivity contribution in [2.45, 2.75) is 19.4 Å². The largest absolute Gasteiger partial charge is 0.452 e. The van der Waals surface area contributed by atoms with E-state index in [4.69, 9.17) is 4.74 Å². The monoisotopic (exact) mass is 324 g/mol. The second-order valence-corrected chi connectivity index (χ2v) is 5.82. The SMILES string of the molecule is CNc1ccccc1C(=O)OCC(=O)N1c2ccccc2C[C@@H]1C. The fourth-order valence-electron chi connectivity index (χ4n) is 3.10. The maximum atomic E-state index is 12.5. The van der Waals surface area contributed by atoms with Gasteiger partial charge in [-0.1, -0.05) is 30.3 Å². The van der Waals surface area contributed by atoms with E-state index < -0.39 is 5.97 Å². The summed E-state index contributed by atoms with van der Waals surface area (Å²) in [6.45, 7) is 1.73. The number of carbonyl (C=O) groups is 2. The van der Waals surface area contributed by atoms with Gasteiger partial charge in [0.1, 0.15) is 0 Å². The van der Waals surface area contributed by atoms with Crippen LogP contribution >= 0.6 is 0 Å². The van der Waals surface area contributed by atoms with Crippen LogP contribution in [0.5, 0.6) is 0 Å². The number of hydrogen-bond acceptors (Lipinski definition) is 4. The first kappa shape index (κ1) is 16.1. The van der Waals surface area contributed by atoms with E-state index in [1.807, 2.05) is 37.3 Å². The van der Waals surface area contributed by atoms with Crippen LogP contribution in [0.1, 0.15) is 22.8 Å². The van der Waals surface area contributed by atoms with Crippen molar-refractivity contribution < 1.29 is 14.3 Å². The summed E-state index contributed by atoms with van der Waals surface area (Å²) in [6, 6.07) is 14.9. The lowest BCUT2D eigenvalue weighted by molar-refractivity contribution is -0.122. The zero-order valence-electron chi connectivity index (χ0n) is 13.8. The van der Waals surface area contributed by atoms with Crippen molar-refractivity contribution in [3.8, 4) is 0 Å². The Balaban J connectivity index is 1.69. The van der Waals surface area contributed by atoms with Gasteiger partial charge in [-0.25, -0.2) is 4.79 Å². The average Bonchev–Trinajstić information content (AvgIpc) is 2.95. The van der Waals surface area contributed by atoms with Gasteiger partial charge in [-0.2, -0.15) is 0 Å². The molecule has 1 amide bonds. The smallest absolute Gasteiger partial charge is 0.340 e. The van der Waals surface area contributed by atoms with Crippen LogP contribution < -0.4 is 10.2 Å². The highest BCUT2D eigenvalue weighted by atomic mass is 16.5. The van der Waals surface area contributed by atoms with Crippen LogP contribution in [0.15, 0.2) is 48.5 Å². The number of para-hydroxylation sites is 2. The van der Waals surface area contributed by atoms with Crippen molar-refractivity contribution in [1.82, 2.24) is 0 Å². The number of esters is 1. The van der Waals surface area contributed by atoms with E-state index >= 15 is 0 Å². The zero-order chi connectivity index (χ0) is 17.1. The number of carbonyl (C=O) groups excluding carboxylic acids is 2. The van der Waals surface area contributed by atoms with E-state index in [0.29, 0.717) is 11.3 Å². The quantitative estimate of drug-likeness (QED) is 0.879. The van der Waals surface area contributed by atoms with Gasteiger partial charge in [0, 0.05) is 24.5 Å². The highest BCUT2D eigenvalue weighted by Crippen LogP contribution is 2.31. The molecule has 0 spiro atoms. The molecule has 0 unspecified atom stereocenters. The van der Waals surface area contributed by atoms with E-state index in [2.05, 4.69) is 5.32 Å². The minimum atomic E-state index is -0.506. The van der Waals surface area contributed by atoms with Gasteiger partial charge in [0.15, 0.2) is 6.61 Å². The predicted octanol–water partition coefficient (Wildman–Crippen LogP) is 2.86. The first-order valence-corrected chi connectivity index (χ1v) is 7.95. The lowest BCUT2D eigenvalue weighted by atomic mass is 10.1. The average molecular weight is 324 g/mol. The molecule has 0 fully saturated rings.